The third kappa shape index (κ3) is 3.75. The Bertz CT molecular complexity index is 713. The molecule has 2 aromatic rings. The number of amides is 1. The van der Waals surface area contributed by atoms with Crippen LogP contribution in [0, 0.1) is 0 Å². The summed E-state index contributed by atoms with van der Waals surface area (Å²) in [6.07, 6.45) is 3.38. The Hall–Kier alpha value is -2.33. The van der Waals surface area contributed by atoms with E-state index in [4.69, 9.17) is 0 Å². The largest absolute Gasteiger partial charge is 0.380 e. The minimum absolute atomic E-state index is 0.130. The summed E-state index contributed by atoms with van der Waals surface area (Å²) in [6, 6.07) is 20.8. The number of likely N-dealkylation sites (tertiary alicyclic amines) is 2. The molecule has 0 bridgehead atoms. The molecule has 1 N–H and O–H groups in total. The van der Waals surface area contributed by atoms with Crippen LogP contribution in [0.2, 0.25) is 0 Å². The molecule has 2 saturated heterocycles. The molecule has 0 saturated carbocycles. The molecule has 2 aliphatic rings. The van der Waals surface area contributed by atoms with Gasteiger partial charge in [0.25, 0.3) is 0 Å². The lowest BCUT2D eigenvalue weighted by Crippen LogP contribution is -2.42. The van der Waals surface area contributed by atoms with E-state index in [0.717, 1.165) is 43.9 Å². The first kappa shape index (κ1) is 17.1. The third-order valence-electron chi connectivity index (χ3n) is 5.50. The fraction of sp³-hybridized carbons (Fsp3) is 0.409. The Kier molecular flexibility index (Phi) is 5.21. The van der Waals surface area contributed by atoms with E-state index in [-0.39, 0.29) is 11.9 Å². The molecule has 136 valence electrons. The average Bonchev–Trinajstić information content (AvgIpc) is 3.36. The number of nitrogens with zero attached hydrogens (tertiary/aromatic N) is 2. The summed E-state index contributed by atoms with van der Waals surface area (Å²) in [5, 5.41) is 3.57. The number of hydrogen-bond donors (Lipinski definition) is 1. The van der Waals surface area contributed by atoms with E-state index in [9.17, 15) is 4.79 Å². The quantitative estimate of drug-likeness (QED) is 0.897. The zero-order valence-electron chi connectivity index (χ0n) is 15.2. The third-order valence-corrected chi connectivity index (χ3v) is 5.50. The number of nitrogens with one attached hydrogen (secondary N) is 1. The van der Waals surface area contributed by atoms with Gasteiger partial charge in [0.05, 0.1) is 0 Å². The highest BCUT2D eigenvalue weighted by atomic mass is 16.2. The van der Waals surface area contributed by atoms with E-state index in [0.29, 0.717) is 6.04 Å². The van der Waals surface area contributed by atoms with Crippen LogP contribution in [0.5, 0.6) is 0 Å². The summed E-state index contributed by atoms with van der Waals surface area (Å²) in [5.41, 5.74) is 2.25. The fourth-order valence-electron chi connectivity index (χ4n) is 4.17. The molecule has 4 heteroatoms. The molecule has 2 atom stereocenters. The van der Waals surface area contributed by atoms with Gasteiger partial charge in [0.15, 0.2) is 0 Å². The predicted molar refractivity (Wildman–Crippen MR) is 105 cm³/mol. The second kappa shape index (κ2) is 7.92. The molecule has 1 amide bonds. The van der Waals surface area contributed by atoms with Crippen LogP contribution in [0.3, 0.4) is 0 Å². The first-order chi connectivity index (χ1) is 12.8. The predicted octanol–water partition coefficient (Wildman–Crippen LogP) is 3.54. The van der Waals surface area contributed by atoms with Gasteiger partial charge in [-0.05, 0) is 50.0 Å². The van der Waals surface area contributed by atoms with Gasteiger partial charge in [-0.25, -0.2) is 0 Å². The SMILES string of the molecule is O=C(C(c1ccccc1)N1CCCC1)N1CCC(Nc2ccccc2)C1. The highest BCUT2D eigenvalue weighted by molar-refractivity contribution is 5.83. The van der Waals surface area contributed by atoms with Gasteiger partial charge in [-0.2, -0.15) is 0 Å². The Morgan fingerprint density at radius 1 is 0.923 bits per heavy atom. The summed E-state index contributed by atoms with van der Waals surface area (Å²) in [6.45, 7) is 3.65. The minimum Gasteiger partial charge on any atom is -0.380 e. The van der Waals surface area contributed by atoms with Gasteiger partial charge in [0, 0.05) is 24.8 Å². The summed E-state index contributed by atoms with van der Waals surface area (Å²) < 4.78 is 0. The van der Waals surface area contributed by atoms with Crippen molar-refractivity contribution in [2.75, 3.05) is 31.5 Å². The van der Waals surface area contributed by atoms with Crippen LogP contribution in [0.1, 0.15) is 30.9 Å². The van der Waals surface area contributed by atoms with Crippen LogP contribution in [0.4, 0.5) is 5.69 Å². The molecule has 0 aliphatic carbocycles. The van der Waals surface area contributed by atoms with Crippen molar-refractivity contribution in [2.24, 2.45) is 0 Å². The van der Waals surface area contributed by atoms with Crippen molar-refractivity contribution in [1.82, 2.24) is 9.80 Å². The number of hydrogen-bond acceptors (Lipinski definition) is 3. The van der Waals surface area contributed by atoms with Gasteiger partial charge >= 0.3 is 0 Å². The molecule has 4 nitrogen and oxygen atoms in total. The Labute approximate surface area is 155 Å². The van der Waals surface area contributed by atoms with Crippen molar-refractivity contribution in [2.45, 2.75) is 31.3 Å². The standard InChI is InChI=1S/C22H27N3O/c26-22(21(24-14-7-8-15-24)18-9-3-1-4-10-18)25-16-13-20(17-25)23-19-11-5-2-6-12-19/h1-6,9-12,20-21,23H,7-8,13-17H2. The lowest BCUT2D eigenvalue weighted by molar-refractivity contribution is -0.135. The number of para-hydroxylation sites is 1. The number of carbonyl (C=O) groups is 1. The zero-order chi connectivity index (χ0) is 17.8. The van der Waals surface area contributed by atoms with Crippen LogP contribution in [-0.4, -0.2) is 47.9 Å². The molecule has 0 radical (unpaired) electrons. The van der Waals surface area contributed by atoms with Gasteiger partial charge in [0.1, 0.15) is 6.04 Å². The van der Waals surface area contributed by atoms with Crippen LogP contribution >= 0.6 is 0 Å². The van der Waals surface area contributed by atoms with Gasteiger partial charge in [0.2, 0.25) is 5.91 Å². The van der Waals surface area contributed by atoms with E-state index >= 15 is 0 Å². The second-order valence-corrected chi connectivity index (χ2v) is 7.34. The molecule has 2 unspecified atom stereocenters. The minimum atomic E-state index is -0.130. The molecule has 2 aliphatic heterocycles. The van der Waals surface area contributed by atoms with Crippen LogP contribution in [-0.2, 0) is 4.79 Å². The summed E-state index contributed by atoms with van der Waals surface area (Å²) >= 11 is 0. The fourth-order valence-corrected chi connectivity index (χ4v) is 4.17. The van der Waals surface area contributed by atoms with E-state index in [1.54, 1.807) is 0 Å². The van der Waals surface area contributed by atoms with E-state index in [1.165, 1.54) is 12.8 Å². The maximum Gasteiger partial charge on any atom is 0.244 e. The van der Waals surface area contributed by atoms with Crippen molar-refractivity contribution in [3.63, 3.8) is 0 Å². The van der Waals surface area contributed by atoms with E-state index in [2.05, 4.69) is 39.4 Å². The molecular formula is C22H27N3O. The maximum absolute atomic E-state index is 13.4. The van der Waals surface area contributed by atoms with E-state index in [1.807, 2.05) is 36.4 Å². The second-order valence-electron chi connectivity index (χ2n) is 7.34. The van der Waals surface area contributed by atoms with Crippen molar-refractivity contribution >= 4 is 11.6 Å². The van der Waals surface area contributed by atoms with Crippen molar-refractivity contribution in [1.29, 1.82) is 0 Å². The molecule has 2 heterocycles. The monoisotopic (exact) mass is 349 g/mol. The lowest BCUT2D eigenvalue weighted by atomic mass is 10.0. The molecular weight excluding hydrogens is 322 g/mol. The summed E-state index contributed by atoms with van der Waals surface area (Å²) in [4.78, 5) is 17.8. The summed E-state index contributed by atoms with van der Waals surface area (Å²) in [7, 11) is 0. The van der Waals surface area contributed by atoms with Crippen molar-refractivity contribution in [3.8, 4) is 0 Å². The first-order valence-electron chi connectivity index (χ1n) is 9.70. The topological polar surface area (TPSA) is 35.6 Å². The van der Waals surface area contributed by atoms with Crippen LogP contribution in [0.25, 0.3) is 0 Å². The Morgan fingerprint density at radius 2 is 1.58 bits per heavy atom. The first-order valence-corrected chi connectivity index (χ1v) is 9.70. The van der Waals surface area contributed by atoms with Gasteiger partial charge in [-0.3, -0.25) is 9.69 Å². The van der Waals surface area contributed by atoms with Gasteiger partial charge in [-0.15, -0.1) is 0 Å². The van der Waals surface area contributed by atoms with Crippen molar-refractivity contribution < 1.29 is 4.79 Å². The number of benzene rings is 2. The van der Waals surface area contributed by atoms with Gasteiger partial charge in [-0.1, -0.05) is 48.5 Å². The average molecular weight is 349 g/mol. The molecule has 2 aromatic carbocycles. The van der Waals surface area contributed by atoms with Crippen LogP contribution in [0.15, 0.2) is 60.7 Å². The number of rotatable bonds is 5. The van der Waals surface area contributed by atoms with E-state index < -0.39 is 0 Å². The number of anilines is 1. The molecule has 2 fully saturated rings. The Morgan fingerprint density at radius 3 is 2.27 bits per heavy atom. The van der Waals surface area contributed by atoms with Crippen molar-refractivity contribution in [3.05, 3.63) is 66.2 Å². The summed E-state index contributed by atoms with van der Waals surface area (Å²) in [5.74, 6) is 0.260. The van der Waals surface area contributed by atoms with Gasteiger partial charge < -0.3 is 10.2 Å². The Balaban J connectivity index is 1.46. The van der Waals surface area contributed by atoms with Crippen LogP contribution < -0.4 is 5.32 Å². The zero-order valence-corrected chi connectivity index (χ0v) is 15.2. The molecule has 26 heavy (non-hydrogen) atoms. The molecule has 0 spiro atoms. The maximum atomic E-state index is 13.4. The highest BCUT2D eigenvalue weighted by Gasteiger charge is 2.35. The lowest BCUT2D eigenvalue weighted by Gasteiger charge is -2.30. The highest BCUT2D eigenvalue weighted by Crippen LogP contribution is 2.29. The molecule has 4 rings (SSSR count). The number of carbonyl (C=O) groups excluding carboxylic acids is 1. The molecule has 0 aromatic heterocycles. The smallest absolute Gasteiger partial charge is 0.244 e. The normalized spacial score (nSPS) is 21.7.